The Morgan fingerprint density at radius 3 is 2.39 bits per heavy atom. The Morgan fingerprint density at radius 1 is 1.13 bits per heavy atom. The van der Waals surface area contributed by atoms with Gasteiger partial charge in [0.2, 0.25) is 5.91 Å². The van der Waals surface area contributed by atoms with Crippen LogP contribution in [0.2, 0.25) is 0 Å². The van der Waals surface area contributed by atoms with Crippen LogP contribution in [-0.4, -0.2) is 41.9 Å². The normalized spacial score (nSPS) is 21.7. The van der Waals surface area contributed by atoms with E-state index in [0.717, 1.165) is 37.7 Å². The van der Waals surface area contributed by atoms with Crippen molar-refractivity contribution in [1.82, 2.24) is 9.80 Å². The van der Waals surface area contributed by atoms with Crippen molar-refractivity contribution in [3.8, 4) is 0 Å². The van der Waals surface area contributed by atoms with Crippen molar-refractivity contribution in [2.24, 2.45) is 0 Å². The lowest BCUT2D eigenvalue weighted by Crippen LogP contribution is -2.61. The number of benzene rings is 1. The molecule has 1 aromatic rings. The van der Waals surface area contributed by atoms with Gasteiger partial charge in [0.15, 0.2) is 0 Å². The molecule has 0 bridgehead atoms. The molecule has 0 radical (unpaired) electrons. The SMILES string of the molecule is CCC(N(C)C)N1C(=O)c2ccccc2C2(CCCCC2)C1=O. The minimum atomic E-state index is -0.494. The van der Waals surface area contributed by atoms with Crippen LogP contribution in [0.1, 0.15) is 61.4 Å². The van der Waals surface area contributed by atoms with Crippen LogP contribution in [0.5, 0.6) is 0 Å². The van der Waals surface area contributed by atoms with E-state index in [-0.39, 0.29) is 18.0 Å². The predicted molar refractivity (Wildman–Crippen MR) is 90.1 cm³/mol. The quantitative estimate of drug-likeness (QED) is 0.805. The Kier molecular flexibility index (Phi) is 4.28. The average Bonchev–Trinajstić information content (AvgIpc) is 2.57. The molecule has 0 saturated heterocycles. The van der Waals surface area contributed by atoms with E-state index in [9.17, 15) is 9.59 Å². The number of fused-ring (bicyclic) bond motifs is 2. The summed E-state index contributed by atoms with van der Waals surface area (Å²) < 4.78 is 0. The van der Waals surface area contributed by atoms with Crippen LogP contribution in [0.25, 0.3) is 0 Å². The molecule has 1 fully saturated rings. The van der Waals surface area contributed by atoms with Crippen molar-refractivity contribution < 1.29 is 9.59 Å². The maximum absolute atomic E-state index is 13.5. The summed E-state index contributed by atoms with van der Waals surface area (Å²) in [5, 5.41) is 0. The minimum absolute atomic E-state index is 0.0152. The molecule has 0 N–H and O–H groups in total. The van der Waals surface area contributed by atoms with Crippen LogP contribution in [-0.2, 0) is 10.2 Å². The Morgan fingerprint density at radius 2 is 1.78 bits per heavy atom. The number of hydrogen-bond donors (Lipinski definition) is 0. The van der Waals surface area contributed by atoms with E-state index in [1.165, 1.54) is 11.3 Å². The molecule has 124 valence electrons. The topological polar surface area (TPSA) is 40.6 Å². The van der Waals surface area contributed by atoms with Crippen LogP contribution in [0.4, 0.5) is 0 Å². The molecule has 0 aromatic heterocycles. The molecule has 1 unspecified atom stereocenters. The van der Waals surface area contributed by atoms with E-state index in [2.05, 4.69) is 0 Å². The highest BCUT2D eigenvalue weighted by Crippen LogP contribution is 2.46. The zero-order valence-corrected chi connectivity index (χ0v) is 14.3. The van der Waals surface area contributed by atoms with E-state index >= 15 is 0 Å². The zero-order valence-electron chi connectivity index (χ0n) is 14.3. The molecule has 3 rings (SSSR count). The molecule has 1 saturated carbocycles. The Bertz CT molecular complexity index is 618. The van der Waals surface area contributed by atoms with Gasteiger partial charge in [0, 0.05) is 5.56 Å². The summed E-state index contributed by atoms with van der Waals surface area (Å²) >= 11 is 0. The standard InChI is InChI=1S/C19H26N2O2/c1-4-16(20(2)3)21-17(22)14-10-6-7-11-15(14)19(18(21)23)12-8-5-9-13-19/h6-7,10-11,16H,4-5,8-9,12-13H2,1-3H3. The number of rotatable bonds is 3. The van der Waals surface area contributed by atoms with Gasteiger partial charge in [-0.05, 0) is 45.0 Å². The van der Waals surface area contributed by atoms with Crippen molar-refractivity contribution in [3.63, 3.8) is 0 Å². The molecule has 2 aliphatic rings. The first kappa shape index (κ1) is 16.2. The molecule has 1 spiro atoms. The fourth-order valence-corrected chi connectivity index (χ4v) is 4.34. The third kappa shape index (κ3) is 2.40. The Hall–Kier alpha value is -1.68. The Labute approximate surface area is 138 Å². The van der Waals surface area contributed by atoms with Gasteiger partial charge < -0.3 is 0 Å². The molecule has 1 aromatic carbocycles. The number of carbonyl (C=O) groups excluding carboxylic acids is 2. The first-order chi connectivity index (χ1) is 11.0. The van der Waals surface area contributed by atoms with Crippen molar-refractivity contribution in [2.45, 2.75) is 57.0 Å². The van der Waals surface area contributed by atoms with Gasteiger partial charge in [-0.15, -0.1) is 0 Å². The van der Waals surface area contributed by atoms with Crippen LogP contribution in [0, 0.1) is 0 Å². The molecule has 4 heteroatoms. The zero-order chi connectivity index (χ0) is 16.6. The second-order valence-corrected chi connectivity index (χ2v) is 7.02. The third-order valence-corrected chi connectivity index (χ3v) is 5.49. The van der Waals surface area contributed by atoms with Gasteiger partial charge in [0.1, 0.15) is 0 Å². The average molecular weight is 314 g/mol. The maximum Gasteiger partial charge on any atom is 0.262 e. The lowest BCUT2D eigenvalue weighted by Gasteiger charge is -2.47. The lowest BCUT2D eigenvalue weighted by molar-refractivity contribution is -0.141. The Balaban J connectivity index is 2.16. The molecule has 1 atom stereocenters. The van der Waals surface area contributed by atoms with Gasteiger partial charge in [0.25, 0.3) is 5.91 Å². The molecule has 4 nitrogen and oxygen atoms in total. The summed E-state index contributed by atoms with van der Waals surface area (Å²) in [6.07, 6.45) is 5.56. The molecule has 1 aliphatic carbocycles. The monoisotopic (exact) mass is 314 g/mol. The maximum atomic E-state index is 13.5. The number of nitrogens with zero attached hydrogens (tertiary/aromatic N) is 2. The van der Waals surface area contributed by atoms with Gasteiger partial charge in [-0.2, -0.15) is 0 Å². The number of hydrogen-bond acceptors (Lipinski definition) is 3. The van der Waals surface area contributed by atoms with E-state index in [4.69, 9.17) is 0 Å². The summed E-state index contributed by atoms with van der Waals surface area (Å²) in [6.45, 7) is 2.03. The van der Waals surface area contributed by atoms with Crippen LogP contribution >= 0.6 is 0 Å². The van der Waals surface area contributed by atoms with Crippen LogP contribution in [0.3, 0.4) is 0 Å². The van der Waals surface area contributed by atoms with E-state index < -0.39 is 5.41 Å². The summed E-state index contributed by atoms with van der Waals surface area (Å²) in [4.78, 5) is 30.0. The van der Waals surface area contributed by atoms with Gasteiger partial charge >= 0.3 is 0 Å². The van der Waals surface area contributed by atoms with Gasteiger partial charge in [0.05, 0.1) is 11.6 Å². The molecule has 1 heterocycles. The third-order valence-electron chi connectivity index (χ3n) is 5.49. The lowest BCUT2D eigenvalue weighted by atomic mass is 9.65. The number of imide groups is 1. The molecular weight excluding hydrogens is 288 g/mol. The van der Waals surface area contributed by atoms with Crippen molar-refractivity contribution in [1.29, 1.82) is 0 Å². The highest BCUT2D eigenvalue weighted by Gasteiger charge is 2.52. The van der Waals surface area contributed by atoms with Gasteiger partial charge in [-0.3, -0.25) is 19.4 Å². The second kappa shape index (κ2) is 6.08. The van der Waals surface area contributed by atoms with E-state index in [0.29, 0.717) is 5.56 Å². The van der Waals surface area contributed by atoms with Gasteiger partial charge in [-0.1, -0.05) is 44.4 Å². The first-order valence-corrected chi connectivity index (χ1v) is 8.67. The highest BCUT2D eigenvalue weighted by atomic mass is 16.2. The van der Waals surface area contributed by atoms with E-state index in [1.807, 2.05) is 50.2 Å². The van der Waals surface area contributed by atoms with Crippen molar-refractivity contribution >= 4 is 11.8 Å². The second-order valence-electron chi connectivity index (χ2n) is 7.02. The van der Waals surface area contributed by atoms with Crippen LogP contribution < -0.4 is 0 Å². The fourth-order valence-electron chi connectivity index (χ4n) is 4.34. The predicted octanol–water partition coefficient (Wildman–Crippen LogP) is 3.17. The van der Waals surface area contributed by atoms with E-state index in [1.54, 1.807) is 0 Å². The minimum Gasteiger partial charge on any atom is -0.289 e. The molecule has 1 aliphatic heterocycles. The molecule has 23 heavy (non-hydrogen) atoms. The van der Waals surface area contributed by atoms with Gasteiger partial charge in [-0.25, -0.2) is 0 Å². The summed E-state index contributed by atoms with van der Waals surface area (Å²) in [7, 11) is 3.87. The fraction of sp³-hybridized carbons (Fsp3) is 0.579. The van der Waals surface area contributed by atoms with Crippen LogP contribution in [0.15, 0.2) is 24.3 Å². The largest absolute Gasteiger partial charge is 0.289 e. The number of amides is 2. The molecule has 2 amide bonds. The van der Waals surface area contributed by atoms with Crippen molar-refractivity contribution in [3.05, 3.63) is 35.4 Å². The number of carbonyl (C=O) groups is 2. The summed E-state index contributed by atoms with van der Waals surface area (Å²) in [5.74, 6) is -0.121. The summed E-state index contributed by atoms with van der Waals surface area (Å²) in [6, 6.07) is 7.73. The molecular formula is C19H26N2O2. The smallest absolute Gasteiger partial charge is 0.262 e. The summed E-state index contributed by atoms with van der Waals surface area (Å²) in [5.41, 5.74) is 1.18. The van der Waals surface area contributed by atoms with Crippen molar-refractivity contribution in [2.75, 3.05) is 14.1 Å². The highest BCUT2D eigenvalue weighted by molar-refractivity contribution is 6.13. The first-order valence-electron chi connectivity index (χ1n) is 8.67.